The molecule has 0 amide bonds. The lowest BCUT2D eigenvalue weighted by molar-refractivity contribution is -0.384. The molecule has 2 aromatic rings. The predicted molar refractivity (Wildman–Crippen MR) is 93.2 cm³/mol. The van der Waals surface area contributed by atoms with Gasteiger partial charge in [0.05, 0.1) is 35.5 Å². The Morgan fingerprint density at radius 1 is 1.32 bits per heavy atom. The van der Waals surface area contributed by atoms with Crippen LogP contribution in [-0.4, -0.2) is 36.3 Å². The molecule has 2 rings (SSSR count). The third-order valence-corrected chi connectivity index (χ3v) is 3.63. The van der Waals surface area contributed by atoms with E-state index in [9.17, 15) is 20.5 Å². The molecule has 1 atom stereocenters. The van der Waals surface area contributed by atoms with Crippen LogP contribution in [0.3, 0.4) is 0 Å². The second-order valence-electron chi connectivity index (χ2n) is 5.61. The maximum Gasteiger partial charge on any atom is 0.270 e. The van der Waals surface area contributed by atoms with Crippen molar-refractivity contribution in [3.63, 3.8) is 0 Å². The van der Waals surface area contributed by atoms with E-state index in [4.69, 9.17) is 4.74 Å². The third kappa shape index (κ3) is 5.28. The Balaban J connectivity index is 1.91. The molecule has 0 heterocycles. The van der Waals surface area contributed by atoms with Crippen LogP contribution >= 0.6 is 0 Å². The standard InChI is InChI=1S/C18H19N3O4/c1-20(18-8-7-16(21(23)24)9-15(18)10-19)11-17(22)13-25-12-14-5-3-2-4-6-14/h2-9,17,22H,11-13H2,1H3/t17-/m1/s1. The molecule has 7 nitrogen and oxygen atoms in total. The van der Waals surface area contributed by atoms with Crippen LogP contribution in [0.5, 0.6) is 0 Å². The summed E-state index contributed by atoms with van der Waals surface area (Å²) in [6, 6.07) is 15.7. The van der Waals surface area contributed by atoms with Gasteiger partial charge in [-0.05, 0) is 11.6 Å². The van der Waals surface area contributed by atoms with E-state index >= 15 is 0 Å². The van der Waals surface area contributed by atoms with Gasteiger partial charge in [0.2, 0.25) is 0 Å². The second-order valence-corrected chi connectivity index (χ2v) is 5.61. The molecule has 0 spiro atoms. The summed E-state index contributed by atoms with van der Waals surface area (Å²) in [7, 11) is 1.71. The van der Waals surface area contributed by atoms with Gasteiger partial charge in [-0.1, -0.05) is 30.3 Å². The van der Waals surface area contributed by atoms with Crippen LogP contribution in [0.25, 0.3) is 0 Å². The third-order valence-electron chi connectivity index (χ3n) is 3.63. The molecular weight excluding hydrogens is 322 g/mol. The highest BCUT2D eigenvalue weighted by Gasteiger charge is 2.16. The number of aliphatic hydroxyl groups is 1. The largest absolute Gasteiger partial charge is 0.389 e. The minimum atomic E-state index is -0.754. The van der Waals surface area contributed by atoms with Crippen LogP contribution in [0.4, 0.5) is 11.4 Å². The summed E-state index contributed by atoms with van der Waals surface area (Å²) >= 11 is 0. The van der Waals surface area contributed by atoms with Crippen molar-refractivity contribution in [1.29, 1.82) is 5.26 Å². The summed E-state index contributed by atoms with van der Waals surface area (Å²) in [4.78, 5) is 11.9. The lowest BCUT2D eigenvalue weighted by Gasteiger charge is -2.23. The van der Waals surface area contributed by atoms with Crippen molar-refractivity contribution in [3.8, 4) is 6.07 Å². The van der Waals surface area contributed by atoms with Gasteiger partial charge in [0.15, 0.2) is 0 Å². The Labute approximate surface area is 145 Å². The highest BCUT2D eigenvalue weighted by atomic mass is 16.6. The SMILES string of the molecule is CN(C[C@@H](O)COCc1ccccc1)c1ccc([N+](=O)[O-])cc1C#N. The number of nitriles is 1. The molecule has 7 heteroatoms. The summed E-state index contributed by atoms with van der Waals surface area (Å²) in [5, 5.41) is 30.1. The van der Waals surface area contributed by atoms with Crippen molar-refractivity contribution in [2.45, 2.75) is 12.7 Å². The van der Waals surface area contributed by atoms with Crippen molar-refractivity contribution < 1.29 is 14.8 Å². The zero-order valence-corrected chi connectivity index (χ0v) is 13.8. The van der Waals surface area contributed by atoms with E-state index in [1.807, 2.05) is 36.4 Å². The molecule has 1 N–H and O–H groups in total. The first-order valence-corrected chi connectivity index (χ1v) is 7.70. The molecule has 0 saturated carbocycles. The average Bonchev–Trinajstić information content (AvgIpc) is 2.61. The van der Waals surface area contributed by atoms with Crippen LogP contribution in [-0.2, 0) is 11.3 Å². The Hall–Kier alpha value is -2.95. The fraction of sp³-hybridized carbons (Fsp3) is 0.278. The van der Waals surface area contributed by atoms with Gasteiger partial charge < -0.3 is 14.7 Å². The number of likely N-dealkylation sites (N-methyl/N-ethyl adjacent to an activating group) is 1. The van der Waals surface area contributed by atoms with Crippen LogP contribution in [0.2, 0.25) is 0 Å². The van der Waals surface area contributed by atoms with Crippen LogP contribution < -0.4 is 4.90 Å². The van der Waals surface area contributed by atoms with Gasteiger partial charge in [0, 0.05) is 25.7 Å². The van der Waals surface area contributed by atoms with E-state index in [1.54, 1.807) is 11.9 Å². The molecule has 25 heavy (non-hydrogen) atoms. The predicted octanol–water partition coefficient (Wildman–Crippen LogP) is 2.48. The molecule has 0 aliphatic heterocycles. The summed E-state index contributed by atoms with van der Waals surface area (Å²) in [6.45, 7) is 0.790. The monoisotopic (exact) mass is 341 g/mol. The molecule has 0 aliphatic carbocycles. The van der Waals surface area contributed by atoms with Crippen molar-refractivity contribution in [2.24, 2.45) is 0 Å². The first kappa shape index (κ1) is 18.4. The number of rotatable bonds is 8. The van der Waals surface area contributed by atoms with Gasteiger partial charge in [0.1, 0.15) is 6.07 Å². The van der Waals surface area contributed by atoms with E-state index in [2.05, 4.69) is 0 Å². The van der Waals surface area contributed by atoms with Crippen LogP contribution in [0, 0.1) is 21.4 Å². The van der Waals surface area contributed by atoms with Gasteiger partial charge in [0.25, 0.3) is 5.69 Å². The molecule has 0 radical (unpaired) electrons. The number of aliphatic hydroxyl groups excluding tert-OH is 1. The van der Waals surface area contributed by atoms with Gasteiger partial charge in [-0.25, -0.2) is 0 Å². The highest BCUT2D eigenvalue weighted by molar-refractivity contribution is 5.62. The number of nitro benzene ring substituents is 1. The Morgan fingerprint density at radius 2 is 2.04 bits per heavy atom. The van der Waals surface area contributed by atoms with Gasteiger partial charge in [-0.15, -0.1) is 0 Å². The molecular formula is C18H19N3O4. The molecule has 0 aliphatic rings. The smallest absolute Gasteiger partial charge is 0.270 e. The van der Waals surface area contributed by atoms with Gasteiger partial charge in [-0.3, -0.25) is 10.1 Å². The zero-order chi connectivity index (χ0) is 18.2. The normalized spacial score (nSPS) is 11.6. The average molecular weight is 341 g/mol. The van der Waals surface area contributed by atoms with E-state index in [0.717, 1.165) is 5.56 Å². The second kappa shape index (κ2) is 8.78. The molecule has 0 aromatic heterocycles. The van der Waals surface area contributed by atoms with Crippen LogP contribution in [0.1, 0.15) is 11.1 Å². The number of ether oxygens (including phenoxy) is 1. The number of nitro groups is 1. The van der Waals surface area contributed by atoms with E-state index in [1.165, 1.54) is 18.2 Å². The molecule has 130 valence electrons. The van der Waals surface area contributed by atoms with Crippen LogP contribution in [0.15, 0.2) is 48.5 Å². The number of nitrogens with zero attached hydrogens (tertiary/aromatic N) is 3. The Bertz CT molecular complexity index is 759. The number of anilines is 1. The lowest BCUT2D eigenvalue weighted by Crippen LogP contribution is -2.32. The summed E-state index contributed by atoms with van der Waals surface area (Å²) in [5.41, 5.74) is 1.59. The summed E-state index contributed by atoms with van der Waals surface area (Å²) in [5.74, 6) is 0. The number of non-ortho nitro benzene ring substituents is 1. The van der Waals surface area contributed by atoms with E-state index in [-0.39, 0.29) is 24.4 Å². The fourth-order valence-electron chi connectivity index (χ4n) is 2.41. The lowest BCUT2D eigenvalue weighted by atomic mass is 10.1. The topological polar surface area (TPSA) is 99.6 Å². The number of hydrogen-bond acceptors (Lipinski definition) is 6. The maximum absolute atomic E-state index is 10.8. The Kier molecular flexibility index (Phi) is 6.46. The fourth-order valence-corrected chi connectivity index (χ4v) is 2.41. The van der Waals surface area contributed by atoms with E-state index < -0.39 is 11.0 Å². The first-order valence-electron chi connectivity index (χ1n) is 7.70. The van der Waals surface area contributed by atoms with Crippen molar-refractivity contribution >= 4 is 11.4 Å². The molecule has 0 saturated heterocycles. The number of benzene rings is 2. The zero-order valence-electron chi connectivity index (χ0n) is 13.8. The minimum absolute atomic E-state index is 0.138. The number of hydrogen-bond donors (Lipinski definition) is 1. The maximum atomic E-state index is 10.8. The van der Waals surface area contributed by atoms with Gasteiger partial charge in [-0.2, -0.15) is 5.26 Å². The quantitative estimate of drug-likeness (QED) is 0.585. The van der Waals surface area contributed by atoms with Crippen molar-refractivity contribution in [2.75, 3.05) is 25.1 Å². The Morgan fingerprint density at radius 3 is 2.68 bits per heavy atom. The van der Waals surface area contributed by atoms with E-state index in [0.29, 0.717) is 12.3 Å². The first-order chi connectivity index (χ1) is 12.0. The summed E-state index contributed by atoms with van der Waals surface area (Å²) < 4.78 is 5.49. The molecule has 2 aromatic carbocycles. The molecule has 0 fully saturated rings. The molecule has 0 unspecified atom stereocenters. The van der Waals surface area contributed by atoms with Crippen molar-refractivity contribution in [3.05, 3.63) is 69.8 Å². The minimum Gasteiger partial charge on any atom is -0.389 e. The highest BCUT2D eigenvalue weighted by Crippen LogP contribution is 2.24. The van der Waals surface area contributed by atoms with Crippen molar-refractivity contribution in [1.82, 2.24) is 0 Å². The summed E-state index contributed by atoms with van der Waals surface area (Å²) in [6.07, 6.45) is -0.754. The van der Waals surface area contributed by atoms with Gasteiger partial charge >= 0.3 is 0 Å². The molecule has 0 bridgehead atoms.